The summed E-state index contributed by atoms with van der Waals surface area (Å²) in [5.74, 6) is 1.98. The van der Waals surface area contributed by atoms with Crippen LogP contribution in [-0.2, 0) is 7.05 Å². The Hall–Kier alpha value is -1.95. The lowest BCUT2D eigenvalue weighted by atomic mass is 9.90. The quantitative estimate of drug-likeness (QED) is 0.936. The zero-order valence-electron chi connectivity index (χ0n) is 13.4. The zero-order chi connectivity index (χ0) is 15.7. The summed E-state index contributed by atoms with van der Waals surface area (Å²) in [5.41, 5.74) is 1.91. The molecule has 118 valence electrons. The minimum atomic E-state index is -0.494. The van der Waals surface area contributed by atoms with E-state index in [0.717, 1.165) is 49.0 Å². The first-order valence-corrected chi connectivity index (χ1v) is 7.76. The van der Waals surface area contributed by atoms with E-state index in [1.807, 2.05) is 31.7 Å². The third-order valence-electron chi connectivity index (χ3n) is 4.46. The molecule has 0 aromatic carbocycles. The van der Waals surface area contributed by atoms with Crippen LogP contribution in [0.2, 0.25) is 0 Å². The number of aliphatic hydroxyl groups is 1. The summed E-state index contributed by atoms with van der Waals surface area (Å²) in [6.45, 7) is 5.75. The van der Waals surface area contributed by atoms with Crippen molar-refractivity contribution in [1.29, 1.82) is 0 Å². The number of nitrogens with zero attached hydrogens (tertiary/aromatic N) is 5. The molecule has 1 fully saturated rings. The van der Waals surface area contributed by atoms with Crippen LogP contribution in [0.25, 0.3) is 0 Å². The first-order valence-electron chi connectivity index (χ1n) is 7.76. The fourth-order valence-electron chi connectivity index (χ4n) is 3.12. The Morgan fingerprint density at radius 2 is 1.95 bits per heavy atom. The lowest BCUT2D eigenvalue weighted by Crippen LogP contribution is -2.37. The molecule has 3 rings (SSSR count). The number of imidazole rings is 1. The second-order valence-electron chi connectivity index (χ2n) is 6.09. The molecule has 6 nitrogen and oxygen atoms in total. The molecule has 1 atom stereocenters. The monoisotopic (exact) mass is 301 g/mol. The third kappa shape index (κ3) is 2.83. The van der Waals surface area contributed by atoms with Crippen LogP contribution in [0.3, 0.4) is 0 Å². The maximum atomic E-state index is 10.5. The topological polar surface area (TPSA) is 67.1 Å². The third-order valence-corrected chi connectivity index (χ3v) is 4.46. The van der Waals surface area contributed by atoms with E-state index < -0.39 is 6.10 Å². The zero-order valence-corrected chi connectivity index (χ0v) is 13.4. The summed E-state index contributed by atoms with van der Waals surface area (Å²) in [7, 11) is 1.92. The number of piperidine rings is 1. The lowest BCUT2D eigenvalue weighted by molar-refractivity contribution is 0.0824. The van der Waals surface area contributed by atoms with E-state index in [4.69, 9.17) is 0 Å². The first-order chi connectivity index (χ1) is 10.6. The van der Waals surface area contributed by atoms with Crippen molar-refractivity contribution in [3.05, 3.63) is 35.8 Å². The molecule has 1 saturated heterocycles. The molecule has 0 bridgehead atoms. The molecular weight excluding hydrogens is 278 g/mol. The van der Waals surface area contributed by atoms with Crippen LogP contribution in [-0.4, -0.2) is 37.7 Å². The van der Waals surface area contributed by atoms with E-state index in [9.17, 15) is 5.11 Å². The average Bonchev–Trinajstić information content (AvgIpc) is 2.95. The molecule has 3 heterocycles. The molecule has 6 heteroatoms. The fraction of sp³-hybridized carbons (Fsp3) is 0.562. The summed E-state index contributed by atoms with van der Waals surface area (Å²) in [6, 6.07) is 0. The van der Waals surface area contributed by atoms with Gasteiger partial charge in [-0.05, 0) is 32.6 Å². The van der Waals surface area contributed by atoms with Crippen molar-refractivity contribution < 1.29 is 5.11 Å². The highest BCUT2D eigenvalue weighted by atomic mass is 16.3. The smallest absolute Gasteiger partial charge is 0.150 e. The van der Waals surface area contributed by atoms with Gasteiger partial charge < -0.3 is 14.6 Å². The van der Waals surface area contributed by atoms with E-state index >= 15 is 0 Å². The van der Waals surface area contributed by atoms with Crippen LogP contribution < -0.4 is 4.90 Å². The van der Waals surface area contributed by atoms with Crippen LogP contribution in [0.4, 0.5) is 5.82 Å². The minimum absolute atomic E-state index is 0.246. The van der Waals surface area contributed by atoms with Gasteiger partial charge in [0.2, 0.25) is 0 Å². The Morgan fingerprint density at radius 3 is 2.59 bits per heavy atom. The summed E-state index contributed by atoms with van der Waals surface area (Å²) in [4.78, 5) is 15.6. The van der Waals surface area contributed by atoms with E-state index in [2.05, 4.69) is 19.9 Å². The van der Waals surface area contributed by atoms with Crippen molar-refractivity contribution in [3.63, 3.8) is 0 Å². The molecule has 0 amide bonds. The maximum absolute atomic E-state index is 10.5. The molecular formula is C16H23N5O. The number of hydrogen-bond donors (Lipinski definition) is 1. The Labute approximate surface area is 130 Å². The van der Waals surface area contributed by atoms with Gasteiger partial charge in [0.05, 0.1) is 11.4 Å². The lowest BCUT2D eigenvalue weighted by Gasteiger charge is -2.35. The molecule has 2 aromatic heterocycles. The summed E-state index contributed by atoms with van der Waals surface area (Å²) < 4.78 is 1.90. The minimum Gasteiger partial charge on any atom is -0.385 e. The number of aromatic nitrogens is 4. The van der Waals surface area contributed by atoms with Crippen LogP contribution in [0, 0.1) is 19.8 Å². The molecule has 2 aromatic rings. The van der Waals surface area contributed by atoms with Gasteiger partial charge in [-0.3, -0.25) is 4.98 Å². The Bertz CT molecular complexity index is 646. The molecule has 1 aliphatic heterocycles. The van der Waals surface area contributed by atoms with Crippen molar-refractivity contribution in [2.24, 2.45) is 13.0 Å². The molecule has 0 aliphatic carbocycles. The van der Waals surface area contributed by atoms with Crippen molar-refractivity contribution in [1.82, 2.24) is 19.5 Å². The van der Waals surface area contributed by atoms with Gasteiger partial charge in [0.15, 0.2) is 0 Å². The number of aryl methyl sites for hydroxylation is 3. The van der Waals surface area contributed by atoms with Crippen molar-refractivity contribution >= 4 is 5.82 Å². The molecule has 0 radical (unpaired) electrons. The van der Waals surface area contributed by atoms with Crippen molar-refractivity contribution in [2.75, 3.05) is 18.0 Å². The predicted molar refractivity (Wildman–Crippen MR) is 84.6 cm³/mol. The first kappa shape index (κ1) is 15.0. The molecule has 1 aliphatic rings. The fourth-order valence-corrected chi connectivity index (χ4v) is 3.12. The highest BCUT2D eigenvalue weighted by molar-refractivity contribution is 5.43. The number of hydrogen-bond acceptors (Lipinski definition) is 5. The van der Waals surface area contributed by atoms with Crippen molar-refractivity contribution in [2.45, 2.75) is 32.8 Å². The van der Waals surface area contributed by atoms with Crippen molar-refractivity contribution in [3.8, 4) is 0 Å². The van der Waals surface area contributed by atoms with Gasteiger partial charge in [0, 0.05) is 38.7 Å². The van der Waals surface area contributed by atoms with Gasteiger partial charge in [0.25, 0.3) is 0 Å². The van der Waals surface area contributed by atoms with E-state index in [1.54, 1.807) is 12.4 Å². The normalized spacial score (nSPS) is 17.7. The summed E-state index contributed by atoms with van der Waals surface area (Å²) >= 11 is 0. The van der Waals surface area contributed by atoms with Gasteiger partial charge >= 0.3 is 0 Å². The largest absolute Gasteiger partial charge is 0.385 e. The van der Waals surface area contributed by atoms with Crippen LogP contribution >= 0.6 is 0 Å². The number of aliphatic hydroxyl groups excluding tert-OH is 1. The van der Waals surface area contributed by atoms with Crippen LogP contribution in [0.15, 0.2) is 18.6 Å². The number of anilines is 1. The second-order valence-corrected chi connectivity index (χ2v) is 6.09. The molecule has 1 N–H and O–H groups in total. The molecule has 22 heavy (non-hydrogen) atoms. The Morgan fingerprint density at radius 1 is 1.23 bits per heavy atom. The predicted octanol–water partition coefficient (Wildman–Crippen LogP) is 1.78. The van der Waals surface area contributed by atoms with Gasteiger partial charge in [-0.15, -0.1) is 0 Å². The highest BCUT2D eigenvalue weighted by Gasteiger charge is 2.29. The SMILES string of the molecule is Cc1cnc(C)c(N2CCC(C(O)c3nccn3C)CC2)n1. The summed E-state index contributed by atoms with van der Waals surface area (Å²) in [5, 5.41) is 10.5. The van der Waals surface area contributed by atoms with E-state index in [-0.39, 0.29) is 5.92 Å². The van der Waals surface area contributed by atoms with Gasteiger partial charge in [-0.25, -0.2) is 9.97 Å². The molecule has 1 unspecified atom stereocenters. The highest BCUT2D eigenvalue weighted by Crippen LogP contribution is 2.31. The van der Waals surface area contributed by atoms with Crippen LogP contribution in [0.1, 0.15) is 36.2 Å². The second kappa shape index (κ2) is 6.04. The molecule has 0 spiro atoms. The van der Waals surface area contributed by atoms with Gasteiger partial charge in [0.1, 0.15) is 17.7 Å². The Kier molecular flexibility index (Phi) is 4.11. The number of rotatable bonds is 3. The van der Waals surface area contributed by atoms with E-state index in [1.165, 1.54) is 0 Å². The van der Waals surface area contributed by atoms with Gasteiger partial charge in [-0.2, -0.15) is 0 Å². The van der Waals surface area contributed by atoms with Crippen LogP contribution in [0.5, 0.6) is 0 Å². The average molecular weight is 301 g/mol. The standard InChI is InChI=1S/C16H23N5O/c1-11-10-18-12(2)15(19-11)21-7-4-13(5-8-21)14(22)16-17-6-9-20(16)3/h6,9-10,13-14,22H,4-5,7-8H2,1-3H3. The summed E-state index contributed by atoms with van der Waals surface area (Å²) in [6.07, 6.45) is 6.79. The maximum Gasteiger partial charge on any atom is 0.150 e. The van der Waals surface area contributed by atoms with Gasteiger partial charge in [-0.1, -0.05) is 0 Å². The van der Waals surface area contributed by atoms with E-state index in [0.29, 0.717) is 0 Å². The Balaban J connectivity index is 1.68. The molecule has 0 saturated carbocycles.